The molecule has 2 aliphatic heterocycles. The number of hydrogen-bond donors (Lipinski definition) is 1. The van der Waals surface area contributed by atoms with Crippen molar-refractivity contribution in [1.29, 1.82) is 0 Å². The number of amides is 1. The first-order valence-corrected chi connectivity index (χ1v) is 8.65. The fourth-order valence-corrected chi connectivity index (χ4v) is 3.42. The van der Waals surface area contributed by atoms with E-state index in [9.17, 15) is 14.9 Å². The summed E-state index contributed by atoms with van der Waals surface area (Å²) < 4.78 is 0. The highest BCUT2D eigenvalue weighted by Gasteiger charge is 2.24. The number of benzene rings is 1. The second kappa shape index (κ2) is 7.59. The Labute approximate surface area is 144 Å². The SMILES string of the molecule is O=C1NC(=NCN2CCCCC2)S/C1=C\c1ccc([N+](=O)[O-])cc1. The molecule has 1 amide bonds. The molecule has 2 fully saturated rings. The second-order valence-electron chi connectivity index (χ2n) is 5.70. The molecular formula is C16H18N4O3S. The predicted molar refractivity (Wildman–Crippen MR) is 94.5 cm³/mol. The van der Waals surface area contributed by atoms with Gasteiger partial charge in [0.25, 0.3) is 11.6 Å². The van der Waals surface area contributed by atoms with Gasteiger partial charge in [-0.3, -0.25) is 19.8 Å². The van der Waals surface area contributed by atoms with Crippen molar-refractivity contribution in [1.82, 2.24) is 10.2 Å². The van der Waals surface area contributed by atoms with Crippen molar-refractivity contribution in [3.63, 3.8) is 0 Å². The predicted octanol–water partition coefficient (Wildman–Crippen LogP) is 2.60. The number of non-ortho nitro benzene ring substituents is 1. The minimum Gasteiger partial charge on any atom is -0.301 e. The topological polar surface area (TPSA) is 87.8 Å². The molecule has 0 aromatic heterocycles. The van der Waals surface area contributed by atoms with Gasteiger partial charge in [0, 0.05) is 12.1 Å². The van der Waals surface area contributed by atoms with E-state index in [1.54, 1.807) is 18.2 Å². The lowest BCUT2D eigenvalue weighted by molar-refractivity contribution is -0.384. The van der Waals surface area contributed by atoms with Crippen molar-refractivity contribution in [2.24, 2.45) is 4.99 Å². The van der Waals surface area contributed by atoms with Gasteiger partial charge in [-0.25, -0.2) is 4.99 Å². The summed E-state index contributed by atoms with van der Waals surface area (Å²) in [4.78, 5) is 29.5. The fourth-order valence-electron chi connectivity index (χ4n) is 2.61. The van der Waals surface area contributed by atoms with Crippen LogP contribution in [0, 0.1) is 10.1 Å². The van der Waals surface area contributed by atoms with Crippen LogP contribution in [-0.4, -0.2) is 40.7 Å². The van der Waals surface area contributed by atoms with Gasteiger partial charge < -0.3 is 5.32 Å². The van der Waals surface area contributed by atoms with Crippen molar-refractivity contribution >= 4 is 34.6 Å². The molecule has 0 radical (unpaired) electrons. The third kappa shape index (κ3) is 4.21. The van der Waals surface area contributed by atoms with Gasteiger partial charge in [-0.2, -0.15) is 0 Å². The number of nitrogens with one attached hydrogen (secondary N) is 1. The number of thioether (sulfide) groups is 1. The average Bonchev–Trinajstić information content (AvgIpc) is 2.94. The summed E-state index contributed by atoms with van der Waals surface area (Å²) in [5, 5.41) is 14.0. The molecule has 2 aliphatic rings. The van der Waals surface area contributed by atoms with Gasteiger partial charge in [0.15, 0.2) is 5.17 Å². The van der Waals surface area contributed by atoms with Crippen LogP contribution in [0.15, 0.2) is 34.2 Å². The molecular weight excluding hydrogens is 328 g/mol. The maximum atomic E-state index is 12.0. The zero-order valence-corrected chi connectivity index (χ0v) is 13.9. The van der Waals surface area contributed by atoms with E-state index in [4.69, 9.17) is 0 Å². The van der Waals surface area contributed by atoms with E-state index in [1.165, 1.54) is 43.2 Å². The molecule has 0 bridgehead atoms. The van der Waals surface area contributed by atoms with Gasteiger partial charge in [-0.05, 0) is 61.5 Å². The number of carbonyl (C=O) groups is 1. The molecule has 7 nitrogen and oxygen atoms in total. The van der Waals surface area contributed by atoms with Crippen LogP contribution in [0.4, 0.5) is 5.69 Å². The number of nitrogens with zero attached hydrogens (tertiary/aromatic N) is 3. The van der Waals surface area contributed by atoms with E-state index in [1.807, 2.05) is 0 Å². The van der Waals surface area contributed by atoms with E-state index in [0.717, 1.165) is 18.7 Å². The smallest absolute Gasteiger partial charge is 0.269 e. The van der Waals surface area contributed by atoms with Gasteiger partial charge in [-0.1, -0.05) is 6.42 Å². The Morgan fingerprint density at radius 1 is 1.25 bits per heavy atom. The zero-order valence-electron chi connectivity index (χ0n) is 13.1. The van der Waals surface area contributed by atoms with Gasteiger partial charge in [0.05, 0.1) is 16.5 Å². The number of rotatable bonds is 4. The van der Waals surface area contributed by atoms with Crippen LogP contribution in [0.25, 0.3) is 6.08 Å². The van der Waals surface area contributed by atoms with Crippen LogP contribution < -0.4 is 5.32 Å². The van der Waals surface area contributed by atoms with E-state index in [-0.39, 0.29) is 11.6 Å². The lowest BCUT2D eigenvalue weighted by atomic mass is 10.1. The van der Waals surface area contributed by atoms with E-state index >= 15 is 0 Å². The van der Waals surface area contributed by atoms with Gasteiger partial charge >= 0.3 is 0 Å². The first kappa shape index (κ1) is 16.7. The summed E-state index contributed by atoms with van der Waals surface area (Å²) in [6, 6.07) is 6.11. The van der Waals surface area contributed by atoms with Crippen LogP contribution in [0.2, 0.25) is 0 Å². The molecule has 3 rings (SSSR count). The van der Waals surface area contributed by atoms with Crippen LogP contribution in [-0.2, 0) is 4.79 Å². The Kier molecular flexibility index (Phi) is 5.27. The second-order valence-corrected chi connectivity index (χ2v) is 6.73. The minimum absolute atomic E-state index is 0.0319. The maximum absolute atomic E-state index is 12.0. The van der Waals surface area contributed by atoms with Gasteiger partial charge in [0.1, 0.15) is 0 Å². The molecule has 0 aliphatic carbocycles. The molecule has 2 saturated heterocycles. The number of likely N-dealkylation sites (tertiary alicyclic amines) is 1. The average molecular weight is 346 g/mol. The first-order valence-electron chi connectivity index (χ1n) is 7.84. The van der Waals surface area contributed by atoms with Crippen molar-refractivity contribution in [3.8, 4) is 0 Å². The lowest BCUT2D eigenvalue weighted by Gasteiger charge is -2.24. The highest BCUT2D eigenvalue weighted by Crippen LogP contribution is 2.26. The summed E-state index contributed by atoms with van der Waals surface area (Å²) in [6.07, 6.45) is 5.40. The van der Waals surface area contributed by atoms with Crippen LogP contribution in [0.5, 0.6) is 0 Å². The van der Waals surface area contributed by atoms with Crippen molar-refractivity contribution < 1.29 is 9.72 Å². The van der Waals surface area contributed by atoms with Gasteiger partial charge in [0.2, 0.25) is 0 Å². The highest BCUT2D eigenvalue weighted by molar-refractivity contribution is 8.18. The molecule has 0 saturated carbocycles. The number of aliphatic imine (C=N–C) groups is 1. The zero-order chi connectivity index (χ0) is 16.9. The summed E-state index contributed by atoms with van der Waals surface area (Å²) >= 11 is 1.30. The third-order valence-corrected chi connectivity index (χ3v) is 4.86. The van der Waals surface area contributed by atoms with Crippen LogP contribution >= 0.6 is 11.8 Å². The van der Waals surface area contributed by atoms with Crippen LogP contribution in [0.3, 0.4) is 0 Å². The Bertz CT molecular complexity index is 694. The number of piperidine rings is 1. The Hall–Kier alpha value is -2.19. The Balaban J connectivity index is 1.64. The standard InChI is InChI=1S/C16H18N4O3S/c21-15-14(10-12-4-6-13(7-5-12)20(22)23)24-16(18-15)17-11-19-8-2-1-3-9-19/h4-7,10H,1-3,8-9,11H2,(H,17,18,21)/b14-10-. The molecule has 1 N–H and O–H groups in total. The summed E-state index contributed by atoms with van der Waals surface area (Å²) in [5.41, 5.74) is 0.778. The largest absolute Gasteiger partial charge is 0.301 e. The monoisotopic (exact) mass is 346 g/mol. The van der Waals surface area contributed by atoms with Crippen LogP contribution in [0.1, 0.15) is 24.8 Å². The molecule has 2 heterocycles. The quantitative estimate of drug-likeness (QED) is 0.514. The normalized spacial score (nSPS) is 22.1. The van der Waals surface area contributed by atoms with E-state index in [0.29, 0.717) is 16.7 Å². The van der Waals surface area contributed by atoms with Crippen molar-refractivity contribution in [2.75, 3.05) is 19.8 Å². The fraction of sp³-hybridized carbons (Fsp3) is 0.375. The Morgan fingerprint density at radius 3 is 2.62 bits per heavy atom. The molecule has 0 unspecified atom stereocenters. The molecule has 126 valence electrons. The minimum atomic E-state index is -0.445. The molecule has 0 atom stereocenters. The summed E-state index contributed by atoms with van der Waals surface area (Å²) in [6.45, 7) is 2.72. The third-order valence-electron chi connectivity index (χ3n) is 3.92. The summed E-state index contributed by atoms with van der Waals surface area (Å²) in [7, 11) is 0. The number of amidine groups is 1. The van der Waals surface area contributed by atoms with Crippen molar-refractivity contribution in [2.45, 2.75) is 19.3 Å². The molecule has 0 spiro atoms. The Morgan fingerprint density at radius 2 is 1.96 bits per heavy atom. The lowest BCUT2D eigenvalue weighted by Crippen LogP contribution is -2.31. The molecule has 1 aromatic rings. The van der Waals surface area contributed by atoms with E-state index < -0.39 is 4.92 Å². The van der Waals surface area contributed by atoms with Crippen molar-refractivity contribution in [3.05, 3.63) is 44.8 Å². The molecule has 1 aromatic carbocycles. The maximum Gasteiger partial charge on any atom is 0.269 e. The summed E-state index contributed by atoms with van der Waals surface area (Å²) in [5.74, 6) is -0.184. The molecule has 24 heavy (non-hydrogen) atoms. The molecule has 8 heteroatoms. The number of nitro benzene ring substituents is 1. The van der Waals surface area contributed by atoms with Gasteiger partial charge in [-0.15, -0.1) is 0 Å². The van der Waals surface area contributed by atoms with E-state index in [2.05, 4.69) is 15.2 Å². The highest BCUT2D eigenvalue weighted by atomic mass is 32.2. The number of nitro groups is 1. The number of carbonyl (C=O) groups excluding carboxylic acids is 1. The number of hydrogen-bond acceptors (Lipinski definition) is 6. The first-order chi connectivity index (χ1) is 11.6.